The molecule has 5 nitrogen and oxygen atoms in total. The molecule has 1 aliphatic heterocycles. The number of piperidine rings is 1. The molecule has 5 heteroatoms. The zero-order valence-electron chi connectivity index (χ0n) is 11.6. The summed E-state index contributed by atoms with van der Waals surface area (Å²) in [6.45, 7) is 13.2. The first-order valence-electron chi connectivity index (χ1n) is 6.47. The van der Waals surface area contributed by atoms with Crippen LogP contribution in [0, 0.1) is 5.41 Å². The minimum atomic E-state index is 0.201. The maximum atomic E-state index is 8.32. The molecule has 0 bridgehead atoms. The summed E-state index contributed by atoms with van der Waals surface area (Å²) in [5, 5.41) is 21.6. The summed E-state index contributed by atoms with van der Waals surface area (Å²) in [4.78, 5) is 0. The third-order valence-electron chi connectivity index (χ3n) is 2.12. The van der Waals surface area contributed by atoms with E-state index in [9.17, 15) is 0 Å². The first-order chi connectivity index (χ1) is 8.81. The molecule has 0 aromatic rings. The standard InChI is InChI=1S/C6H15NO2.C5H10N2.C2H4/c1-2-9-6-4-7-3-5-8;6-5-1-3-7-4-2-5;1-2/h7-8H,2-6H2,1H3;6-7H,1-4H2;1-2H2. The largest absolute Gasteiger partial charge is 0.395 e. The van der Waals surface area contributed by atoms with Crippen molar-refractivity contribution in [1.29, 1.82) is 5.41 Å². The van der Waals surface area contributed by atoms with Gasteiger partial charge in [0.25, 0.3) is 0 Å². The topological polar surface area (TPSA) is 77.4 Å². The van der Waals surface area contributed by atoms with Crippen LogP contribution in [0.25, 0.3) is 0 Å². The molecular formula is C13H29N3O2. The second-order valence-corrected chi connectivity index (χ2v) is 3.52. The van der Waals surface area contributed by atoms with Crippen molar-refractivity contribution in [1.82, 2.24) is 10.6 Å². The monoisotopic (exact) mass is 259 g/mol. The van der Waals surface area contributed by atoms with Crippen molar-refractivity contribution in [3.8, 4) is 0 Å². The molecule has 0 unspecified atom stereocenters. The number of hydrogen-bond donors (Lipinski definition) is 4. The highest BCUT2D eigenvalue weighted by Crippen LogP contribution is 1.92. The third-order valence-corrected chi connectivity index (χ3v) is 2.12. The van der Waals surface area contributed by atoms with E-state index in [1.807, 2.05) is 6.92 Å². The van der Waals surface area contributed by atoms with Crippen LogP contribution in [0.1, 0.15) is 19.8 Å². The molecule has 18 heavy (non-hydrogen) atoms. The van der Waals surface area contributed by atoms with Crippen LogP contribution >= 0.6 is 0 Å². The Morgan fingerprint density at radius 1 is 1.33 bits per heavy atom. The van der Waals surface area contributed by atoms with E-state index in [0.29, 0.717) is 6.54 Å². The molecule has 0 radical (unpaired) electrons. The lowest BCUT2D eigenvalue weighted by Gasteiger charge is -2.10. The van der Waals surface area contributed by atoms with Gasteiger partial charge in [0.15, 0.2) is 0 Å². The Bertz CT molecular complexity index is 164. The zero-order chi connectivity index (χ0) is 14.1. The van der Waals surface area contributed by atoms with Crippen molar-refractivity contribution < 1.29 is 9.84 Å². The fourth-order valence-electron chi connectivity index (χ4n) is 1.22. The van der Waals surface area contributed by atoms with Gasteiger partial charge < -0.3 is 25.9 Å². The lowest BCUT2D eigenvalue weighted by Crippen LogP contribution is -2.27. The van der Waals surface area contributed by atoms with Crippen LogP contribution in [0.5, 0.6) is 0 Å². The highest BCUT2D eigenvalue weighted by molar-refractivity contribution is 5.82. The van der Waals surface area contributed by atoms with Gasteiger partial charge in [0.05, 0.1) is 13.2 Å². The van der Waals surface area contributed by atoms with Gasteiger partial charge in [0, 0.05) is 38.5 Å². The minimum absolute atomic E-state index is 0.201. The van der Waals surface area contributed by atoms with Gasteiger partial charge in [-0.25, -0.2) is 0 Å². The predicted octanol–water partition coefficient (Wildman–Crippen LogP) is 0.797. The second-order valence-electron chi connectivity index (χ2n) is 3.52. The normalized spacial score (nSPS) is 14.0. The summed E-state index contributed by atoms with van der Waals surface area (Å²) < 4.78 is 5.04. The Morgan fingerprint density at radius 3 is 2.33 bits per heavy atom. The van der Waals surface area contributed by atoms with Crippen LogP contribution in [0.2, 0.25) is 0 Å². The number of rotatable bonds is 6. The summed E-state index contributed by atoms with van der Waals surface area (Å²) in [5.41, 5.74) is 0.902. The van der Waals surface area contributed by atoms with E-state index < -0.39 is 0 Å². The van der Waals surface area contributed by atoms with Crippen LogP contribution in [0.4, 0.5) is 0 Å². The van der Waals surface area contributed by atoms with E-state index in [1.54, 1.807) is 0 Å². The maximum absolute atomic E-state index is 8.32. The van der Waals surface area contributed by atoms with E-state index in [2.05, 4.69) is 23.8 Å². The van der Waals surface area contributed by atoms with E-state index >= 15 is 0 Å². The smallest absolute Gasteiger partial charge is 0.0590 e. The molecule has 1 fully saturated rings. The Kier molecular flexibility index (Phi) is 20.3. The third kappa shape index (κ3) is 17.6. The van der Waals surface area contributed by atoms with Crippen LogP contribution in [0.15, 0.2) is 13.2 Å². The molecule has 0 saturated carbocycles. The average Bonchev–Trinajstić information content (AvgIpc) is 2.43. The molecule has 0 aromatic heterocycles. The number of nitrogens with one attached hydrogen (secondary N) is 3. The predicted molar refractivity (Wildman–Crippen MR) is 77.5 cm³/mol. The molecule has 0 aliphatic carbocycles. The van der Waals surface area contributed by atoms with E-state index in [4.69, 9.17) is 15.3 Å². The second kappa shape index (κ2) is 18.6. The molecule has 0 amide bonds. The number of hydrogen-bond acceptors (Lipinski definition) is 5. The highest BCUT2D eigenvalue weighted by atomic mass is 16.5. The first-order valence-corrected chi connectivity index (χ1v) is 6.47. The van der Waals surface area contributed by atoms with Crippen LogP contribution < -0.4 is 10.6 Å². The molecule has 1 rings (SSSR count). The Morgan fingerprint density at radius 2 is 1.94 bits per heavy atom. The molecule has 4 N–H and O–H groups in total. The van der Waals surface area contributed by atoms with Crippen LogP contribution in [-0.2, 0) is 4.74 Å². The van der Waals surface area contributed by atoms with Crippen molar-refractivity contribution in [3.63, 3.8) is 0 Å². The SMILES string of the molecule is C=C.CCOCCNCCO.N=C1CCNCC1. The number of aliphatic hydroxyl groups excluding tert-OH is 1. The summed E-state index contributed by atoms with van der Waals surface area (Å²) in [6, 6.07) is 0. The van der Waals surface area contributed by atoms with Crippen molar-refractivity contribution >= 4 is 5.71 Å². The van der Waals surface area contributed by atoms with Crippen molar-refractivity contribution in [3.05, 3.63) is 13.2 Å². The van der Waals surface area contributed by atoms with Gasteiger partial charge in [0.2, 0.25) is 0 Å². The van der Waals surface area contributed by atoms with Gasteiger partial charge in [-0.3, -0.25) is 0 Å². The summed E-state index contributed by atoms with van der Waals surface area (Å²) in [5.74, 6) is 0. The van der Waals surface area contributed by atoms with Gasteiger partial charge in [-0.05, 0) is 19.8 Å². The highest BCUT2D eigenvalue weighted by Gasteiger charge is 2.01. The quantitative estimate of drug-likeness (QED) is 0.420. The van der Waals surface area contributed by atoms with Gasteiger partial charge in [0.1, 0.15) is 0 Å². The average molecular weight is 259 g/mol. The molecule has 0 spiro atoms. The van der Waals surface area contributed by atoms with Gasteiger partial charge in [-0.15, -0.1) is 13.2 Å². The molecule has 1 heterocycles. The van der Waals surface area contributed by atoms with E-state index in [1.165, 1.54) is 0 Å². The first kappa shape index (κ1) is 19.6. The van der Waals surface area contributed by atoms with Gasteiger partial charge in [-0.2, -0.15) is 0 Å². The van der Waals surface area contributed by atoms with Gasteiger partial charge in [-0.1, -0.05) is 0 Å². The molecule has 108 valence electrons. The van der Waals surface area contributed by atoms with Crippen molar-refractivity contribution in [2.24, 2.45) is 0 Å². The maximum Gasteiger partial charge on any atom is 0.0590 e. The fraction of sp³-hybridized carbons (Fsp3) is 0.769. The van der Waals surface area contributed by atoms with Crippen LogP contribution in [0.3, 0.4) is 0 Å². The van der Waals surface area contributed by atoms with Gasteiger partial charge >= 0.3 is 0 Å². The van der Waals surface area contributed by atoms with Crippen LogP contribution in [-0.4, -0.2) is 56.8 Å². The molecule has 1 aliphatic rings. The summed E-state index contributed by atoms with van der Waals surface area (Å²) >= 11 is 0. The Balaban J connectivity index is 0. The lowest BCUT2D eigenvalue weighted by atomic mass is 10.1. The summed E-state index contributed by atoms with van der Waals surface area (Å²) in [6.07, 6.45) is 1.92. The zero-order valence-corrected chi connectivity index (χ0v) is 11.6. The lowest BCUT2D eigenvalue weighted by molar-refractivity contribution is 0.147. The van der Waals surface area contributed by atoms with E-state index in [-0.39, 0.29) is 6.61 Å². The van der Waals surface area contributed by atoms with Crippen molar-refractivity contribution in [2.45, 2.75) is 19.8 Å². The number of ether oxygens (including phenoxy) is 1. The molecular weight excluding hydrogens is 230 g/mol. The number of aliphatic hydroxyl groups is 1. The fourth-order valence-corrected chi connectivity index (χ4v) is 1.22. The summed E-state index contributed by atoms with van der Waals surface area (Å²) in [7, 11) is 0. The Labute approximate surface area is 111 Å². The minimum Gasteiger partial charge on any atom is -0.395 e. The Hall–Kier alpha value is -0.750. The molecule has 1 saturated heterocycles. The molecule has 0 atom stereocenters. The van der Waals surface area contributed by atoms with E-state index in [0.717, 1.165) is 51.4 Å². The molecule has 0 aromatic carbocycles. The van der Waals surface area contributed by atoms with Crippen molar-refractivity contribution in [2.75, 3.05) is 46.0 Å².